The number of nitrogens with zero attached hydrogens (tertiary/aromatic N) is 7. The second-order valence-electron chi connectivity index (χ2n) is 7.97. The average molecular weight is 393 g/mol. The summed E-state index contributed by atoms with van der Waals surface area (Å²) in [6, 6.07) is 8.61. The van der Waals surface area contributed by atoms with Gasteiger partial charge in [0, 0.05) is 63.0 Å². The van der Waals surface area contributed by atoms with Crippen LogP contribution >= 0.6 is 0 Å². The number of rotatable bonds is 4. The number of anilines is 4. The minimum atomic E-state index is 0.744. The summed E-state index contributed by atoms with van der Waals surface area (Å²) in [6.45, 7) is 6.39. The van der Waals surface area contributed by atoms with Crippen LogP contribution in [0.2, 0.25) is 0 Å². The molecule has 8 nitrogen and oxygen atoms in total. The Hall–Kier alpha value is -2.87. The van der Waals surface area contributed by atoms with Crippen LogP contribution in [0, 0.1) is 0 Å². The van der Waals surface area contributed by atoms with Crippen molar-refractivity contribution in [3.05, 3.63) is 36.7 Å². The van der Waals surface area contributed by atoms with Crippen molar-refractivity contribution in [1.29, 1.82) is 0 Å². The molecule has 152 valence electrons. The highest BCUT2D eigenvalue weighted by atomic mass is 15.4. The lowest BCUT2D eigenvalue weighted by Gasteiger charge is -2.34. The number of imidazole rings is 1. The van der Waals surface area contributed by atoms with Gasteiger partial charge in [-0.15, -0.1) is 5.10 Å². The van der Waals surface area contributed by atoms with E-state index in [1.807, 2.05) is 10.7 Å². The number of fused-ring (bicyclic) bond motifs is 1. The molecule has 1 aromatic carbocycles. The lowest BCUT2D eigenvalue weighted by atomic mass is 10.1. The summed E-state index contributed by atoms with van der Waals surface area (Å²) >= 11 is 0. The van der Waals surface area contributed by atoms with Gasteiger partial charge in [-0.3, -0.25) is 0 Å². The molecule has 0 bridgehead atoms. The van der Waals surface area contributed by atoms with E-state index in [2.05, 4.69) is 61.4 Å². The fourth-order valence-corrected chi connectivity index (χ4v) is 4.08. The lowest BCUT2D eigenvalue weighted by molar-refractivity contribution is 0.313. The van der Waals surface area contributed by atoms with Gasteiger partial charge in [-0.2, -0.15) is 4.98 Å². The maximum atomic E-state index is 4.82. The second-order valence-corrected chi connectivity index (χ2v) is 7.97. The average Bonchev–Trinajstić information content (AvgIpc) is 3.25. The molecular formula is C21H28N8. The molecule has 2 fully saturated rings. The summed E-state index contributed by atoms with van der Waals surface area (Å²) in [5.41, 5.74) is 3.02. The van der Waals surface area contributed by atoms with Gasteiger partial charge in [-0.25, -0.2) is 9.50 Å². The fraction of sp³-hybridized carbons (Fsp3) is 0.476. The minimum absolute atomic E-state index is 0.744. The number of piperidine rings is 1. The zero-order valence-electron chi connectivity index (χ0n) is 17.0. The molecule has 0 radical (unpaired) electrons. The predicted octanol–water partition coefficient (Wildman–Crippen LogP) is 2.61. The number of benzene rings is 1. The largest absolute Gasteiger partial charge is 0.369 e. The summed E-state index contributed by atoms with van der Waals surface area (Å²) in [5, 5.41) is 8.12. The summed E-state index contributed by atoms with van der Waals surface area (Å²) in [4.78, 5) is 16.3. The molecule has 0 unspecified atom stereocenters. The zero-order valence-corrected chi connectivity index (χ0v) is 17.0. The molecule has 0 amide bonds. The molecule has 2 aromatic heterocycles. The molecule has 1 N–H and O–H groups in total. The van der Waals surface area contributed by atoms with Crippen molar-refractivity contribution in [3.8, 4) is 0 Å². The smallest absolute Gasteiger partial charge is 0.245 e. The van der Waals surface area contributed by atoms with E-state index < -0.39 is 0 Å². The van der Waals surface area contributed by atoms with Gasteiger partial charge in [0.1, 0.15) is 0 Å². The van der Waals surface area contributed by atoms with Gasteiger partial charge in [-0.1, -0.05) is 0 Å². The van der Waals surface area contributed by atoms with Gasteiger partial charge < -0.3 is 20.0 Å². The minimum Gasteiger partial charge on any atom is -0.369 e. The molecule has 0 spiro atoms. The van der Waals surface area contributed by atoms with Crippen molar-refractivity contribution < 1.29 is 0 Å². The number of piperazine rings is 1. The first-order valence-electron chi connectivity index (χ1n) is 10.5. The molecule has 29 heavy (non-hydrogen) atoms. The van der Waals surface area contributed by atoms with Gasteiger partial charge >= 0.3 is 0 Å². The third-order valence-corrected chi connectivity index (χ3v) is 5.88. The van der Waals surface area contributed by atoms with E-state index in [4.69, 9.17) is 4.98 Å². The highest BCUT2D eigenvalue weighted by molar-refractivity contribution is 5.71. The molecule has 5 rings (SSSR count). The van der Waals surface area contributed by atoms with Gasteiger partial charge in [0.15, 0.2) is 11.5 Å². The number of aromatic nitrogens is 4. The van der Waals surface area contributed by atoms with Crippen LogP contribution in [0.4, 0.5) is 23.1 Å². The highest BCUT2D eigenvalue weighted by Crippen LogP contribution is 2.25. The molecule has 0 aliphatic carbocycles. The third-order valence-electron chi connectivity index (χ3n) is 5.88. The van der Waals surface area contributed by atoms with Crippen LogP contribution in [-0.4, -0.2) is 70.8 Å². The summed E-state index contributed by atoms with van der Waals surface area (Å²) in [7, 11) is 2.18. The van der Waals surface area contributed by atoms with Crippen LogP contribution in [0.1, 0.15) is 19.3 Å². The van der Waals surface area contributed by atoms with Crippen LogP contribution < -0.4 is 15.1 Å². The van der Waals surface area contributed by atoms with Crippen molar-refractivity contribution >= 4 is 28.8 Å². The Balaban J connectivity index is 1.37. The Morgan fingerprint density at radius 1 is 0.862 bits per heavy atom. The Morgan fingerprint density at radius 2 is 1.62 bits per heavy atom. The Kier molecular flexibility index (Phi) is 4.93. The first-order valence-corrected chi connectivity index (χ1v) is 10.5. The summed E-state index contributed by atoms with van der Waals surface area (Å²) in [5.74, 6) is 1.52. The van der Waals surface area contributed by atoms with E-state index in [1.54, 1.807) is 6.20 Å². The molecule has 3 aromatic rings. The topological polar surface area (TPSA) is 64.8 Å². The second kappa shape index (κ2) is 7.87. The maximum absolute atomic E-state index is 4.82. The van der Waals surface area contributed by atoms with Crippen LogP contribution in [-0.2, 0) is 0 Å². The van der Waals surface area contributed by atoms with E-state index in [-0.39, 0.29) is 0 Å². The van der Waals surface area contributed by atoms with Crippen molar-refractivity contribution in [2.24, 2.45) is 0 Å². The number of likely N-dealkylation sites (N-methyl/N-ethyl adjacent to an activating group) is 1. The number of hydrogen-bond acceptors (Lipinski definition) is 7. The van der Waals surface area contributed by atoms with Crippen LogP contribution in [0.3, 0.4) is 0 Å². The van der Waals surface area contributed by atoms with E-state index in [0.717, 1.165) is 62.4 Å². The Morgan fingerprint density at radius 3 is 2.38 bits per heavy atom. The van der Waals surface area contributed by atoms with Crippen molar-refractivity contribution in [3.63, 3.8) is 0 Å². The van der Waals surface area contributed by atoms with Crippen LogP contribution in [0.5, 0.6) is 0 Å². The van der Waals surface area contributed by atoms with E-state index in [1.165, 1.54) is 24.9 Å². The monoisotopic (exact) mass is 392 g/mol. The summed E-state index contributed by atoms with van der Waals surface area (Å²) < 4.78 is 1.82. The molecular weight excluding hydrogens is 364 g/mol. The molecule has 8 heteroatoms. The number of hydrogen-bond donors (Lipinski definition) is 1. The Bertz CT molecular complexity index is 952. The molecule has 0 saturated carbocycles. The molecule has 2 aliphatic heterocycles. The summed E-state index contributed by atoms with van der Waals surface area (Å²) in [6.07, 6.45) is 7.33. The van der Waals surface area contributed by atoms with Crippen molar-refractivity contribution in [2.45, 2.75) is 19.3 Å². The molecule has 0 atom stereocenters. The highest BCUT2D eigenvalue weighted by Gasteiger charge is 2.18. The maximum Gasteiger partial charge on any atom is 0.245 e. The van der Waals surface area contributed by atoms with E-state index >= 15 is 0 Å². The number of nitrogens with one attached hydrogen (secondary N) is 1. The standard InChI is InChI=1S/C21H28N8/c1-26-13-15-27(16-14-26)18-7-5-17(6-8-18)23-19-20-22-9-12-29(20)25-21(24-19)28-10-3-2-4-11-28/h5-9,12H,2-4,10-11,13-16H2,1H3,(H,23,24,25). The van der Waals surface area contributed by atoms with Crippen LogP contribution in [0.25, 0.3) is 5.65 Å². The van der Waals surface area contributed by atoms with E-state index in [0.29, 0.717) is 0 Å². The van der Waals surface area contributed by atoms with Crippen LogP contribution in [0.15, 0.2) is 36.7 Å². The van der Waals surface area contributed by atoms with Crippen molar-refractivity contribution in [1.82, 2.24) is 24.5 Å². The zero-order chi connectivity index (χ0) is 19.6. The van der Waals surface area contributed by atoms with Crippen molar-refractivity contribution in [2.75, 3.05) is 61.4 Å². The Labute approximate surface area is 171 Å². The molecule has 4 heterocycles. The first-order chi connectivity index (χ1) is 14.3. The third kappa shape index (κ3) is 3.85. The molecule has 2 aliphatic rings. The first kappa shape index (κ1) is 18.2. The van der Waals surface area contributed by atoms with Gasteiger partial charge in [0.05, 0.1) is 0 Å². The predicted molar refractivity (Wildman–Crippen MR) is 116 cm³/mol. The quantitative estimate of drug-likeness (QED) is 0.732. The van der Waals surface area contributed by atoms with E-state index in [9.17, 15) is 0 Å². The fourth-order valence-electron chi connectivity index (χ4n) is 4.08. The normalized spacial score (nSPS) is 18.4. The van der Waals surface area contributed by atoms with Gasteiger partial charge in [-0.05, 0) is 50.6 Å². The SMILES string of the molecule is CN1CCN(c2ccc(Nc3nc(N4CCCCC4)nn4ccnc34)cc2)CC1. The lowest BCUT2D eigenvalue weighted by Crippen LogP contribution is -2.44. The molecule has 2 saturated heterocycles. The van der Waals surface area contributed by atoms with Gasteiger partial charge in [0.25, 0.3) is 0 Å². The van der Waals surface area contributed by atoms with Gasteiger partial charge in [0.2, 0.25) is 5.95 Å².